The van der Waals surface area contributed by atoms with Gasteiger partial charge in [-0.1, -0.05) is 18.2 Å². The molecular weight excluding hydrogens is 434 g/mol. The highest BCUT2D eigenvalue weighted by molar-refractivity contribution is 5.93. The van der Waals surface area contributed by atoms with Gasteiger partial charge in [-0.25, -0.2) is 4.98 Å². The highest BCUT2D eigenvalue weighted by atomic mass is 16.5. The normalized spacial score (nSPS) is 21.7. The second-order valence-corrected chi connectivity index (χ2v) is 10.00. The van der Waals surface area contributed by atoms with Gasteiger partial charge in [0.1, 0.15) is 5.75 Å². The van der Waals surface area contributed by atoms with E-state index in [0.29, 0.717) is 0 Å². The van der Waals surface area contributed by atoms with Crippen molar-refractivity contribution in [2.45, 2.75) is 19.3 Å². The van der Waals surface area contributed by atoms with Crippen molar-refractivity contribution in [2.24, 2.45) is 11.8 Å². The Morgan fingerprint density at radius 2 is 1.74 bits per heavy atom. The molecule has 0 saturated carbocycles. The highest BCUT2D eigenvalue weighted by Gasteiger charge is 2.37. The van der Waals surface area contributed by atoms with Crippen LogP contribution in [0, 0.1) is 11.8 Å². The van der Waals surface area contributed by atoms with Crippen molar-refractivity contribution < 1.29 is 4.74 Å². The molecule has 3 aliphatic heterocycles. The summed E-state index contributed by atoms with van der Waals surface area (Å²) in [4.78, 5) is 7.64. The van der Waals surface area contributed by atoms with E-state index in [1.165, 1.54) is 37.1 Å². The molecular formula is C29H35N5O. The van der Waals surface area contributed by atoms with Crippen molar-refractivity contribution in [3.05, 3.63) is 66.0 Å². The lowest BCUT2D eigenvalue weighted by atomic mass is 9.77. The molecule has 0 bridgehead atoms. The van der Waals surface area contributed by atoms with Crippen molar-refractivity contribution in [2.75, 3.05) is 51.7 Å². The molecule has 0 radical (unpaired) electrons. The summed E-state index contributed by atoms with van der Waals surface area (Å²) in [5.74, 6) is 3.67. The summed E-state index contributed by atoms with van der Waals surface area (Å²) in [6.07, 6.45) is 3.67. The van der Waals surface area contributed by atoms with Crippen LogP contribution in [0.3, 0.4) is 0 Å². The Morgan fingerprint density at radius 1 is 1.00 bits per heavy atom. The Balaban J connectivity index is 1.13. The first-order chi connectivity index (χ1) is 17.3. The van der Waals surface area contributed by atoms with E-state index < -0.39 is 0 Å². The molecule has 6 nitrogen and oxygen atoms in total. The Kier molecular flexibility index (Phi) is 6.21. The van der Waals surface area contributed by atoms with Crippen LogP contribution in [-0.2, 0) is 0 Å². The SMILES string of the molecule is COc1ccc(-c2cc(NCCCN3CC4CCNC5=C4C(CCN5)C3)c3ccccc3n2)cc1. The van der Waals surface area contributed by atoms with E-state index in [-0.39, 0.29) is 0 Å². The number of methoxy groups -OCH3 is 1. The minimum Gasteiger partial charge on any atom is -0.497 e. The zero-order chi connectivity index (χ0) is 23.6. The van der Waals surface area contributed by atoms with Crippen molar-refractivity contribution in [1.82, 2.24) is 20.5 Å². The average molecular weight is 470 g/mol. The molecule has 6 heteroatoms. The third-order valence-corrected chi connectivity index (χ3v) is 7.78. The van der Waals surface area contributed by atoms with Crippen molar-refractivity contribution in [3.8, 4) is 17.0 Å². The highest BCUT2D eigenvalue weighted by Crippen LogP contribution is 2.37. The number of nitrogens with zero attached hydrogens (tertiary/aromatic N) is 2. The summed E-state index contributed by atoms with van der Waals surface area (Å²) in [6.45, 7) is 6.72. The quantitative estimate of drug-likeness (QED) is 0.444. The third-order valence-electron chi connectivity index (χ3n) is 7.78. The molecule has 2 atom stereocenters. The van der Waals surface area contributed by atoms with E-state index in [1.807, 2.05) is 12.1 Å². The lowest BCUT2D eigenvalue weighted by Gasteiger charge is -2.46. The minimum absolute atomic E-state index is 0.724. The van der Waals surface area contributed by atoms with Crippen molar-refractivity contribution in [1.29, 1.82) is 0 Å². The summed E-state index contributed by atoms with van der Waals surface area (Å²) in [5.41, 5.74) is 5.95. The van der Waals surface area contributed by atoms with E-state index >= 15 is 0 Å². The zero-order valence-corrected chi connectivity index (χ0v) is 20.5. The fourth-order valence-corrected chi connectivity index (χ4v) is 6.08. The van der Waals surface area contributed by atoms with Gasteiger partial charge in [0, 0.05) is 49.4 Å². The number of hydrogen-bond donors (Lipinski definition) is 3. The van der Waals surface area contributed by atoms with Gasteiger partial charge in [-0.05, 0) is 79.6 Å². The van der Waals surface area contributed by atoms with Gasteiger partial charge in [0.05, 0.1) is 24.1 Å². The van der Waals surface area contributed by atoms with Crippen LogP contribution in [0.4, 0.5) is 5.69 Å². The van der Waals surface area contributed by atoms with Gasteiger partial charge in [-0.2, -0.15) is 0 Å². The number of rotatable bonds is 7. The van der Waals surface area contributed by atoms with Crippen LogP contribution in [0.1, 0.15) is 19.3 Å². The van der Waals surface area contributed by atoms with Crippen LogP contribution in [0.5, 0.6) is 5.75 Å². The van der Waals surface area contributed by atoms with Gasteiger partial charge in [0.15, 0.2) is 0 Å². The largest absolute Gasteiger partial charge is 0.497 e. The predicted octanol–water partition coefficient (Wildman–Crippen LogP) is 4.46. The number of piperidine rings is 1. The first kappa shape index (κ1) is 22.2. The molecule has 2 unspecified atom stereocenters. The number of nitrogens with one attached hydrogen (secondary N) is 3. The second kappa shape index (κ2) is 9.78. The van der Waals surface area contributed by atoms with Crippen LogP contribution >= 0.6 is 0 Å². The minimum atomic E-state index is 0.724. The average Bonchev–Trinajstić information content (AvgIpc) is 2.91. The molecule has 1 fully saturated rings. The van der Waals surface area contributed by atoms with Crippen LogP contribution in [-0.4, -0.2) is 56.3 Å². The van der Waals surface area contributed by atoms with E-state index in [0.717, 1.165) is 72.6 Å². The lowest BCUT2D eigenvalue weighted by Crippen LogP contribution is -2.51. The zero-order valence-electron chi connectivity index (χ0n) is 20.5. The fourth-order valence-electron chi connectivity index (χ4n) is 6.08. The summed E-state index contributed by atoms with van der Waals surface area (Å²) >= 11 is 0. The number of benzene rings is 2. The van der Waals surface area contributed by atoms with E-state index in [1.54, 1.807) is 12.7 Å². The number of pyridine rings is 1. The first-order valence-corrected chi connectivity index (χ1v) is 13.0. The lowest BCUT2D eigenvalue weighted by molar-refractivity contribution is 0.148. The van der Waals surface area contributed by atoms with Crippen LogP contribution < -0.4 is 20.7 Å². The van der Waals surface area contributed by atoms with Crippen molar-refractivity contribution >= 4 is 16.6 Å². The molecule has 1 aromatic heterocycles. The number of hydrogen-bond acceptors (Lipinski definition) is 6. The first-order valence-electron chi connectivity index (χ1n) is 13.0. The maximum absolute atomic E-state index is 5.32. The fraction of sp³-hybridized carbons (Fsp3) is 0.414. The van der Waals surface area contributed by atoms with Gasteiger partial charge in [-0.3, -0.25) is 0 Å². The number of anilines is 1. The monoisotopic (exact) mass is 469 g/mol. The molecule has 0 amide bonds. The van der Waals surface area contributed by atoms with Gasteiger partial charge in [-0.15, -0.1) is 0 Å². The van der Waals surface area contributed by atoms with Gasteiger partial charge < -0.3 is 25.6 Å². The standard InChI is InChI=1S/C29H35N5O/c1-35-23-9-7-20(8-10-23)26-17-27(24-5-2-3-6-25(24)33-26)30-13-4-16-34-18-21-11-14-31-29-28(21)22(19-34)12-15-32-29/h2-3,5-10,17,21-22,31-32H,4,11-16,18-19H2,1H3,(H,30,33). The van der Waals surface area contributed by atoms with Crippen LogP contribution in [0.15, 0.2) is 66.0 Å². The molecule has 2 aromatic carbocycles. The Morgan fingerprint density at radius 3 is 2.49 bits per heavy atom. The maximum atomic E-state index is 5.32. The molecule has 35 heavy (non-hydrogen) atoms. The van der Waals surface area contributed by atoms with E-state index in [9.17, 15) is 0 Å². The number of para-hydroxylation sites is 1. The number of likely N-dealkylation sites (tertiary alicyclic amines) is 1. The van der Waals surface area contributed by atoms with Gasteiger partial charge in [0.2, 0.25) is 0 Å². The van der Waals surface area contributed by atoms with Gasteiger partial charge in [0.25, 0.3) is 0 Å². The predicted molar refractivity (Wildman–Crippen MR) is 143 cm³/mol. The molecule has 3 aliphatic rings. The Labute approximate surface area is 207 Å². The topological polar surface area (TPSA) is 61.5 Å². The Hall–Kier alpha value is -3.25. The molecule has 3 N–H and O–H groups in total. The molecule has 182 valence electrons. The number of aromatic nitrogens is 1. The van der Waals surface area contributed by atoms with Crippen molar-refractivity contribution in [3.63, 3.8) is 0 Å². The summed E-state index contributed by atoms with van der Waals surface area (Å²) in [5, 5.41) is 12.1. The van der Waals surface area contributed by atoms with Gasteiger partial charge >= 0.3 is 0 Å². The summed E-state index contributed by atoms with van der Waals surface area (Å²) in [6, 6.07) is 18.7. The number of fused-ring (bicyclic) bond motifs is 1. The smallest absolute Gasteiger partial charge is 0.118 e. The molecule has 0 spiro atoms. The summed E-state index contributed by atoms with van der Waals surface area (Å²) < 4.78 is 5.32. The van der Waals surface area contributed by atoms with E-state index in [4.69, 9.17) is 9.72 Å². The number of ether oxygens (including phenoxy) is 1. The Bertz CT molecular complexity index is 1200. The molecule has 6 rings (SSSR count). The molecule has 0 aliphatic carbocycles. The molecule has 3 aromatic rings. The molecule has 1 saturated heterocycles. The molecule has 4 heterocycles. The maximum Gasteiger partial charge on any atom is 0.118 e. The van der Waals surface area contributed by atoms with E-state index in [2.05, 4.69) is 63.3 Å². The summed E-state index contributed by atoms with van der Waals surface area (Å²) in [7, 11) is 1.70. The van der Waals surface area contributed by atoms with Crippen LogP contribution in [0.25, 0.3) is 22.2 Å². The third kappa shape index (κ3) is 4.55. The van der Waals surface area contributed by atoms with Crippen LogP contribution in [0.2, 0.25) is 0 Å². The second-order valence-electron chi connectivity index (χ2n) is 10.00.